The van der Waals surface area contributed by atoms with Gasteiger partial charge < -0.3 is 14.6 Å². The van der Waals surface area contributed by atoms with Crippen LogP contribution in [0.15, 0.2) is 18.2 Å². The van der Waals surface area contributed by atoms with Crippen molar-refractivity contribution in [3.63, 3.8) is 0 Å². The lowest BCUT2D eigenvalue weighted by Crippen LogP contribution is -2.26. The first kappa shape index (κ1) is 16.3. The minimum absolute atomic E-state index is 0.0305. The van der Waals surface area contributed by atoms with Gasteiger partial charge in [-0.1, -0.05) is 5.92 Å². The lowest BCUT2D eigenvalue weighted by Gasteiger charge is -2.21. The van der Waals surface area contributed by atoms with Crippen LogP contribution in [0.5, 0.6) is 5.75 Å². The molecule has 22 heavy (non-hydrogen) atoms. The molecule has 1 heterocycles. The van der Waals surface area contributed by atoms with Crippen molar-refractivity contribution < 1.29 is 19.5 Å². The third-order valence-electron chi connectivity index (χ3n) is 3.58. The zero-order valence-corrected chi connectivity index (χ0v) is 13.0. The third kappa shape index (κ3) is 3.21. The Hall–Kier alpha value is -2.10. The molecule has 2 atom stereocenters. The SMILES string of the molecule is C#CC(C)(C)Oc1cc([C@H](O)[C@H]2OC2(C)C)ccc1[N+](=O)[O-]. The number of hydrogen-bond donors (Lipinski definition) is 1. The van der Waals surface area contributed by atoms with Crippen LogP contribution in [0.25, 0.3) is 0 Å². The molecule has 0 aromatic heterocycles. The Kier molecular flexibility index (Phi) is 3.90. The maximum Gasteiger partial charge on any atom is 0.311 e. The number of terminal acetylenes is 1. The van der Waals surface area contributed by atoms with Crippen molar-refractivity contribution in [2.75, 3.05) is 0 Å². The van der Waals surface area contributed by atoms with Gasteiger partial charge in [0, 0.05) is 6.07 Å². The second-order valence-corrected chi connectivity index (χ2v) is 6.33. The van der Waals surface area contributed by atoms with Gasteiger partial charge in [-0.05, 0) is 45.4 Å². The van der Waals surface area contributed by atoms with Crippen molar-refractivity contribution in [3.05, 3.63) is 33.9 Å². The van der Waals surface area contributed by atoms with Gasteiger partial charge in [-0.2, -0.15) is 0 Å². The van der Waals surface area contributed by atoms with E-state index in [0.717, 1.165) is 0 Å². The fraction of sp³-hybridized carbons (Fsp3) is 0.500. The van der Waals surface area contributed by atoms with Crippen LogP contribution in [-0.2, 0) is 4.74 Å². The molecule has 0 unspecified atom stereocenters. The molecular formula is C16H19NO5. The van der Waals surface area contributed by atoms with E-state index in [9.17, 15) is 15.2 Å². The van der Waals surface area contributed by atoms with E-state index < -0.39 is 22.2 Å². The summed E-state index contributed by atoms with van der Waals surface area (Å²) in [5, 5.41) is 21.4. The second-order valence-electron chi connectivity index (χ2n) is 6.33. The molecule has 1 saturated heterocycles. The molecule has 0 amide bonds. The van der Waals surface area contributed by atoms with Gasteiger partial charge in [0.2, 0.25) is 0 Å². The molecule has 0 saturated carbocycles. The molecule has 1 aliphatic heterocycles. The Morgan fingerprint density at radius 2 is 2.14 bits per heavy atom. The van der Waals surface area contributed by atoms with E-state index in [1.165, 1.54) is 18.2 Å². The lowest BCUT2D eigenvalue weighted by atomic mass is 9.99. The molecule has 1 N–H and O–H groups in total. The zero-order chi connectivity index (χ0) is 16.7. The quantitative estimate of drug-likeness (QED) is 0.391. The van der Waals surface area contributed by atoms with Crippen LogP contribution in [0, 0.1) is 22.5 Å². The number of nitro groups is 1. The summed E-state index contributed by atoms with van der Waals surface area (Å²) in [4.78, 5) is 10.6. The fourth-order valence-electron chi connectivity index (χ4n) is 2.16. The maximum atomic E-state index is 11.1. The fourth-order valence-corrected chi connectivity index (χ4v) is 2.16. The van der Waals surface area contributed by atoms with Gasteiger partial charge in [-0.25, -0.2) is 0 Å². The summed E-state index contributed by atoms with van der Waals surface area (Å²) in [7, 11) is 0. The molecule has 0 bridgehead atoms. The first-order valence-corrected chi connectivity index (χ1v) is 6.88. The predicted molar refractivity (Wildman–Crippen MR) is 80.5 cm³/mol. The smallest absolute Gasteiger partial charge is 0.311 e. The lowest BCUT2D eigenvalue weighted by molar-refractivity contribution is -0.386. The summed E-state index contributed by atoms with van der Waals surface area (Å²) < 4.78 is 11.0. The topological polar surface area (TPSA) is 85.1 Å². The van der Waals surface area contributed by atoms with Crippen molar-refractivity contribution in [3.8, 4) is 18.1 Å². The Morgan fingerprint density at radius 3 is 2.59 bits per heavy atom. The van der Waals surface area contributed by atoms with E-state index in [2.05, 4.69) is 5.92 Å². The van der Waals surface area contributed by atoms with Crippen LogP contribution in [-0.4, -0.2) is 27.3 Å². The number of benzene rings is 1. The Morgan fingerprint density at radius 1 is 1.55 bits per heavy atom. The van der Waals surface area contributed by atoms with Crippen LogP contribution in [0.3, 0.4) is 0 Å². The van der Waals surface area contributed by atoms with Gasteiger partial charge in [-0.15, -0.1) is 6.42 Å². The van der Waals surface area contributed by atoms with Gasteiger partial charge in [0.25, 0.3) is 0 Å². The number of ether oxygens (including phenoxy) is 2. The van der Waals surface area contributed by atoms with E-state index in [-0.39, 0.29) is 17.5 Å². The molecular weight excluding hydrogens is 286 g/mol. The van der Waals surface area contributed by atoms with E-state index in [4.69, 9.17) is 15.9 Å². The third-order valence-corrected chi connectivity index (χ3v) is 3.58. The summed E-state index contributed by atoms with van der Waals surface area (Å²) in [5.74, 6) is 2.45. The Labute approximate surface area is 129 Å². The summed E-state index contributed by atoms with van der Waals surface area (Å²) in [6.07, 6.45) is 4.13. The Bertz CT molecular complexity index is 644. The highest BCUT2D eigenvalue weighted by molar-refractivity contribution is 5.50. The number of nitrogens with zero attached hydrogens (tertiary/aromatic N) is 1. The Balaban J connectivity index is 2.35. The van der Waals surface area contributed by atoms with Crippen molar-refractivity contribution in [1.82, 2.24) is 0 Å². The van der Waals surface area contributed by atoms with Crippen LogP contribution in [0.1, 0.15) is 39.4 Å². The normalized spacial score (nSPS) is 20.8. The van der Waals surface area contributed by atoms with Crippen LogP contribution in [0.4, 0.5) is 5.69 Å². The molecule has 1 aromatic carbocycles. The summed E-state index contributed by atoms with van der Waals surface area (Å²) >= 11 is 0. The van der Waals surface area contributed by atoms with Gasteiger partial charge in [-0.3, -0.25) is 10.1 Å². The minimum atomic E-state index is -0.996. The van der Waals surface area contributed by atoms with Gasteiger partial charge >= 0.3 is 5.69 Å². The summed E-state index contributed by atoms with van der Waals surface area (Å²) in [6.45, 7) is 7.00. The van der Waals surface area contributed by atoms with E-state index in [0.29, 0.717) is 5.56 Å². The first-order valence-electron chi connectivity index (χ1n) is 6.88. The number of aliphatic hydroxyl groups is 1. The highest BCUT2D eigenvalue weighted by atomic mass is 16.6. The van der Waals surface area contributed by atoms with Gasteiger partial charge in [0.05, 0.1) is 10.5 Å². The predicted octanol–water partition coefficient (Wildman–Crippen LogP) is 2.60. The molecule has 0 spiro atoms. The number of epoxide rings is 1. The zero-order valence-electron chi connectivity index (χ0n) is 13.0. The maximum absolute atomic E-state index is 11.1. The number of hydrogen-bond acceptors (Lipinski definition) is 5. The molecule has 2 rings (SSSR count). The van der Waals surface area contributed by atoms with E-state index >= 15 is 0 Å². The highest BCUT2D eigenvalue weighted by Crippen LogP contribution is 2.44. The van der Waals surface area contributed by atoms with E-state index in [1.54, 1.807) is 13.8 Å². The molecule has 0 aliphatic carbocycles. The molecule has 118 valence electrons. The first-order chi connectivity index (χ1) is 10.1. The van der Waals surface area contributed by atoms with Gasteiger partial charge in [0.15, 0.2) is 11.4 Å². The van der Waals surface area contributed by atoms with Crippen molar-refractivity contribution in [2.45, 2.75) is 51.1 Å². The van der Waals surface area contributed by atoms with Crippen LogP contribution >= 0.6 is 0 Å². The summed E-state index contributed by atoms with van der Waals surface area (Å²) in [5.41, 5.74) is -1.11. The standard InChI is InChI=1S/C16H19NO5/c1-6-15(2,3)21-12-9-10(7-8-11(12)17(19)20)13(18)14-16(4,5)22-14/h1,7-9,13-14,18H,2-5H3/t13-,14+/m0/s1. The average molecular weight is 305 g/mol. The molecule has 6 nitrogen and oxygen atoms in total. The van der Waals surface area contributed by atoms with Gasteiger partial charge in [0.1, 0.15) is 12.2 Å². The van der Waals surface area contributed by atoms with Crippen LogP contribution in [0.2, 0.25) is 0 Å². The molecule has 1 aliphatic rings. The average Bonchev–Trinajstić information content (AvgIpc) is 3.06. The number of aliphatic hydroxyl groups excluding tert-OH is 1. The largest absolute Gasteiger partial charge is 0.468 e. The molecule has 1 aromatic rings. The minimum Gasteiger partial charge on any atom is -0.468 e. The summed E-state index contributed by atoms with van der Waals surface area (Å²) in [6, 6.07) is 4.24. The monoisotopic (exact) mass is 305 g/mol. The number of nitro benzene ring substituents is 1. The highest BCUT2D eigenvalue weighted by Gasteiger charge is 2.52. The second kappa shape index (κ2) is 5.27. The molecule has 0 radical (unpaired) electrons. The van der Waals surface area contributed by atoms with Crippen LogP contribution < -0.4 is 4.74 Å². The van der Waals surface area contributed by atoms with E-state index in [1.807, 2.05) is 13.8 Å². The van der Waals surface area contributed by atoms with Crippen molar-refractivity contribution >= 4 is 5.69 Å². The number of rotatable bonds is 5. The van der Waals surface area contributed by atoms with Crippen molar-refractivity contribution in [2.24, 2.45) is 0 Å². The molecule has 1 fully saturated rings. The van der Waals surface area contributed by atoms with Crippen molar-refractivity contribution in [1.29, 1.82) is 0 Å². The molecule has 6 heteroatoms.